The van der Waals surface area contributed by atoms with Crippen molar-refractivity contribution in [3.8, 4) is 0 Å². The number of hydrogen-bond donors (Lipinski definition) is 1. The standard InChI is InChI=1S/C14H29N/c1-5-10-15-14(6-2)13-9-7-8-11(3)12(13)4/h11-15H,5-10H2,1-4H3. The van der Waals surface area contributed by atoms with Crippen molar-refractivity contribution >= 4 is 0 Å². The van der Waals surface area contributed by atoms with Gasteiger partial charge in [0.1, 0.15) is 0 Å². The Morgan fingerprint density at radius 2 is 1.93 bits per heavy atom. The van der Waals surface area contributed by atoms with Crippen LogP contribution in [0.15, 0.2) is 0 Å². The molecule has 0 spiro atoms. The zero-order chi connectivity index (χ0) is 11.3. The normalized spacial score (nSPS) is 34.0. The van der Waals surface area contributed by atoms with Gasteiger partial charge in [-0.25, -0.2) is 0 Å². The number of rotatable bonds is 5. The molecular formula is C14H29N. The van der Waals surface area contributed by atoms with Crippen molar-refractivity contribution in [3.63, 3.8) is 0 Å². The Bertz CT molecular complexity index is 167. The molecule has 1 fully saturated rings. The molecule has 90 valence electrons. The minimum absolute atomic E-state index is 0.766. The summed E-state index contributed by atoms with van der Waals surface area (Å²) in [5, 5.41) is 3.74. The third-order valence-corrected chi connectivity index (χ3v) is 4.38. The Morgan fingerprint density at radius 1 is 1.20 bits per heavy atom. The maximum atomic E-state index is 3.74. The summed E-state index contributed by atoms with van der Waals surface area (Å²) >= 11 is 0. The predicted octanol–water partition coefficient (Wildman–Crippen LogP) is 3.84. The first-order chi connectivity index (χ1) is 7.20. The first-order valence-electron chi connectivity index (χ1n) is 6.94. The van der Waals surface area contributed by atoms with Gasteiger partial charge >= 0.3 is 0 Å². The average Bonchev–Trinajstić information content (AvgIpc) is 2.25. The SMILES string of the molecule is CCCNC(CC)C1CCCC(C)C1C. The molecule has 1 aliphatic rings. The molecule has 15 heavy (non-hydrogen) atoms. The van der Waals surface area contributed by atoms with E-state index in [0.29, 0.717) is 0 Å². The van der Waals surface area contributed by atoms with E-state index in [-0.39, 0.29) is 0 Å². The maximum Gasteiger partial charge on any atom is 0.00953 e. The fourth-order valence-corrected chi connectivity index (χ4v) is 3.12. The number of nitrogens with one attached hydrogen (secondary N) is 1. The van der Waals surface area contributed by atoms with Crippen LogP contribution in [0.4, 0.5) is 0 Å². The second-order valence-corrected chi connectivity index (χ2v) is 5.40. The van der Waals surface area contributed by atoms with E-state index in [1.165, 1.54) is 38.6 Å². The molecule has 4 atom stereocenters. The zero-order valence-electron chi connectivity index (χ0n) is 11.1. The van der Waals surface area contributed by atoms with E-state index in [4.69, 9.17) is 0 Å². The van der Waals surface area contributed by atoms with Crippen molar-refractivity contribution in [1.82, 2.24) is 5.32 Å². The summed E-state index contributed by atoms with van der Waals surface area (Å²) in [6.45, 7) is 10.7. The molecular weight excluding hydrogens is 182 g/mol. The molecule has 1 aliphatic carbocycles. The van der Waals surface area contributed by atoms with Gasteiger partial charge in [-0.3, -0.25) is 0 Å². The van der Waals surface area contributed by atoms with Gasteiger partial charge in [0.15, 0.2) is 0 Å². The van der Waals surface area contributed by atoms with Crippen molar-refractivity contribution in [3.05, 3.63) is 0 Å². The summed E-state index contributed by atoms with van der Waals surface area (Å²) in [4.78, 5) is 0. The van der Waals surface area contributed by atoms with Crippen LogP contribution in [0.1, 0.15) is 59.8 Å². The molecule has 0 aromatic heterocycles. The maximum absolute atomic E-state index is 3.74. The van der Waals surface area contributed by atoms with E-state index in [2.05, 4.69) is 33.0 Å². The van der Waals surface area contributed by atoms with Gasteiger partial charge in [0.25, 0.3) is 0 Å². The topological polar surface area (TPSA) is 12.0 Å². The van der Waals surface area contributed by atoms with Gasteiger partial charge in [-0.15, -0.1) is 0 Å². The molecule has 1 saturated carbocycles. The molecule has 1 N–H and O–H groups in total. The Kier molecular flexibility index (Phi) is 5.66. The third kappa shape index (κ3) is 3.48. The summed E-state index contributed by atoms with van der Waals surface area (Å²) in [6.07, 6.45) is 6.89. The molecule has 1 nitrogen and oxygen atoms in total. The highest BCUT2D eigenvalue weighted by molar-refractivity contribution is 4.85. The molecule has 4 unspecified atom stereocenters. The predicted molar refractivity (Wildman–Crippen MR) is 68.0 cm³/mol. The molecule has 0 radical (unpaired) electrons. The fraction of sp³-hybridized carbons (Fsp3) is 1.00. The van der Waals surface area contributed by atoms with Crippen LogP contribution in [0.25, 0.3) is 0 Å². The van der Waals surface area contributed by atoms with Crippen LogP contribution < -0.4 is 5.32 Å². The quantitative estimate of drug-likeness (QED) is 0.728. The summed E-state index contributed by atoms with van der Waals surface area (Å²) in [6, 6.07) is 0.766. The summed E-state index contributed by atoms with van der Waals surface area (Å²) in [5.74, 6) is 2.76. The zero-order valence-corrected chi connectivity index (χ0v) is 11.1. The Morgan fingerprint density at radius 3 is 2.53 bits per heavy atom. The highest BCUT2D eigenvalue weighted by Gasteiger charge is 2.31. The van der Waals surface area contributed by atoms with Crippen LogP contribution in [-0.2, 0) is 0 Å². The van der Waals surface area contributed by atoms with Crippen LogP contribution in [0.3, 0.4) is 0 Å². The Balaban J connectivity index is 2.49. The molecule has 0 heterocycles. The second-order valence-electron chi connectivity index (χ2n) is 5.40. The third-order valence-electron chi connectivity index (χ3n) is 4.38. The van der Waals surface area contributed by atoms with E-state index in [0.717, 1.165) is 23.8 Å². The van der Waals surface area contributed by atoms with Gasteiger partial charge in [-0.2, -0.15) is 0 Å². The van der Waals surface area contributed by atoms with E-state index >= 15 is 0 Å². The van der Waals surface area contributed by atoms with Crippen LogP contribution in [-0.4, -0.2) is 12.6 Å². The van der Waals surface area contributed by atoms with Crippen molar-refractivity contribution < 1.29 is 0 Å². The Labute approximate surface area is 96.0 Å². The first-order valence-corrected chi connectivity index (χ1v) is 6.94. The summed E-state index contributed by atoms with van der Waals surface area (Å²) in [5.41, 5.74) is 0. The first kappa shape index (κ1) is 13.0. The summed E-state index contributed by atoms with van der Waals surface area (Å²) < 4.78 is 0. The Hall–Kier alpha value is -0.0400. The lowest BCUT2D eigenvalue weighted by atomic mass is 9.70. The van der Waals surface area contributed by atoms with Crippen LogP contribution in [0.2, 0.25) is 0 Å². The number of hydrogen-bond acceptors (Lipinski definition) is 1. The molecule has 1 rings (SSSR count). The van der Waals surface area contributed by atoms with E-state index in [9.17, 15) is 0 Å². The van der Waals surface area contributed by atoms with Gasteiger partial charge in [-0.05, 0) is 43.6 Å². The lowest BCUT2D eigenvalue weighted by molar-refractivity contribution is 0.138. The highest BCUT2D eigenvalue weighted by Crippen LogP contribution is 2.36. The van der Waals surface area contributed by atoms with Crippen molar-refractivity contribution in [2.75, 3.05) is 6.54 Å². The highest BCUT2D eigenvalue weighted by atomic mass is 14.9. The molecule has 0 bridgehead atoms. The van der Waals surface area contributed by atoms with Crippen LogP contribution >= 0.6 is 0 Å². The monoisotopic (exact) mass is 211 g/mol. The fourth-order valence-electron chi connectivity index (χ4n) is 3.12. The molecule has 0 aromatic rings. The molecule has 0 aliphatic heterocycles. The van der Waals surface area contributed by atoms with Crippen molar-refractivity contribution in [2.24, 2.45) is 17.8 Å². The van der Waals surface area contributed by atoms with Gasteiger partial charge in [0.2, 0.25) is 0 Å². The van der Waals surface area contributed by atoms with Crippen LogP contribution in [0, 0.1) is 17.8 Å². The second kappa shape index (κ2) is 6.52. The average molecular weight is 211 g/mol. The van der Waals surface area contributed by atoms with E-state index in [1.54, 1.807) is 0 Å². The van der Waals surface area contributed by atoms with Gasteiger partial charge in [0.05, 0.1) is 0 Å². The van der Waals surface area contributed by atoms with Gasteiger partial charge in [-0.1, -0.05) is 40.5 Å². The summed E-state index contributed by atoms with van der Waals surface area (Å²) in [7, 11) is 0. The molecule has 0 saturated heterocycles. The lowest BCUT2D eigenvalue weighted by Crippen LogP contribution is -2.42. The van der Waals surface area contributed by atoms with Crippen molar-refractivity contribution in [1.29, 1.82) is 0 Å². The van der Waals surface area contributed by atoms with Gasteiger partial charge < -0.3 is 5.32 Å². The largest absolute Gasteiger partial charge is 0.314 e. The van der Waals surface area contributed by atoms with E-state index < -0.39 is 0 Å². The smallest absolute Gasteiger partial charge is 0.00953 e. The molecule has 0 aromatic carbocycles. The lowest BCUT2D eigenvalue weighted by Gasteiger charge is -2.39. The minimum Gasteiger partial charge on any atom is -0.314 e. The molecule has 0 amide bonds. The minimum atomic E-state index is 0.766. The van der Waals surface area contributed by atoms with E-state index in [1.807, 2.05) is 0 Å². The molecule has 1 heteroatoms. The van der Waals surface area contributed by atoms with Crippen molar-refractivity contribution in [2.45, 2.75) is 65.8 Å². The van der Waals surface area contributed by atoms with Gasteiger partial charge in [0, 0.05) is 6.04 Å². The van der Waals surface area contributed by atoms with Crippen LogP contribution in [0.5, 0.6) is 0 Å².